The molecule has 100 valence electrons. The van der Waals surface area contributed by atoms with Crippen molar-refractivity contribution in [2.45, 2.75) is 18.3 Å². The first-order valence-electron chi connectivity index (χ1n) is 6.39. The molecule has 1 saturated heterocycles. The van der Waals surface area contributed by atoms with Gasteiger partial charge in [-0.25, -0.2) is 0 Å². The number of para-hydroxylation sites is 1. The molecule has 0 atom stereocenters. The summed E-state index contributed by atoms with van der Waals surface area (Å²) in [6.07, 6.45) is 6.09. The molecule has 1 heterocycles. The zero-order valence-electron chi connectivity index (χ0n) is 11.4. The highest BCUT2D eigenvalue weighted by atomic mass is 32.1. The smallest absolute Gasteiger partial charge is 0.0379 e. The van der Waals surface area contributed by atoms with Gasteiger partial charge in [-0.05, 0) is 43.8 Å². The highest BCUT2D eigenvalue weighted by Crippen LogP contribution is 2.38. The van der Waals surface area contributed by atoms with Crippen LogP contribution in [0.4, 0.5) is 5.69 Å². The molecule has 0 spiro atoms. The molecule has 1 aromatic carbocycles. The van der Waals surface area contributed by atoms with Gasteiger partial charge in [0.1, 0.15) is 0 Å². The maximum atomic E-state index is 4.05. The van der Waals surface area contributed by atoms with Gasteiger partial charge in [-0.3, -0.25) is 0 Å². The number of allylic oxidation sites excluding steroid dienone is 1. The normalized spacial score (nSPS) is 17.3. The quantitative estimate of drug-likeness (QED) is 0.577. The monoisotopic (exact) mass is 264 g/mol. The van der Waals surface area contributed by atoms with Crippen molar-refractivity contribution < 1.29 is 0 Å². The topological polar surface area (TPSA) is 24.1 Å². The van der Waals surface area contributed by atoms with Gasteiger partial charge in [0.05, 0.1) is 0 Å². The maximum absolute atomic E-state index is 4.05. The third kappa shape index (κ3) is 3.09. The van der Waals surface area contributed by atoms with Crippen LogP contribution in [0.25, 0.3) is 0 Å². The number of rotatable bonds is 3. The molecule has 3 heteroatoms. The van der Waals surface area contributed by atoms with E-state index in [9.17, 15) is 0 Å². The molecule has 1 fully saturated rings. The van der Waals surface area contributed by atoms with E-state index in [4.69, 9.17) is 0 Å². The molecule has 2 rings (SSSR count). The van der Waals surface area contributed by atoms with Crippen LogP contribution in [0, 0.1) is 0 Å². The highest BCUT2D eigenvalue weighted by molar-refractivity contribution is 7.79. The standard InChI is InChI=1S/C14H20N2.CH4S/c1-3-14(8-10-16-11-9-14)12-6-4-5-7-13(12)15-2;1-2/h3-7,15-16H,1,8-11H2,2H3;2H,1H3. The van der Waals surface area contributed by atoms with Crippen LogP contribution in [0.15, 0.2) is 36.9 Å². The molecule has 0 unspecified atom stereocenters. The van der Waals surface area contributed by atoms with Crippen LogP contribution in [0.2, 0.25) is 0 Å². The molecule has 0 radical (unpaired) electrons. The van der Waals surface area contributed by atoms with Crippen LogP contribution in [0.5, 0.6) is 0 Å². The van der Waals surface area contributed by atoms with E-state index in [1.165, 1.54) is 11.3 Å². The molecule has 2 nitrogen and oxygen atoms in total. The SMILES string of the molecule is C=CC1(c2ccccc2NC)CCNCC1.CS. The zero-order valence-corrected chi connectivity index (χ0v) is 12.3. The van der Waals surface area contributed by atoms with E-state index in [2.05, 4.69) is 60.2 Å². The molecular weight excluding hydrogens is 240 g/mol. The third-order valence-corrected chi connectivity index (χ3v) is 3.62. The molecule has 0 saturated carbocycles. The number of benzene rings is 1. The Labute approximate surface area is 116 Å². The Morgan fingerprint density at radius 2 is 1.89 bits per heavy atom. The number of piperidine rings is 1. The van der Waals surface area contributed by atoms with Crippen molar-refractivity contribution in [3.05, 3.63) is 42.5 Å². The lowest BCUT2D eigenvalue weighted by atomic mass is 9.72. The number of hydrogen-bond acceptors (Lipinski definition) is 3. The van der Waals surface area contributed by atoms with E-state index in [0.29, 0.717) is 0 Å². The molecular formula is C15H24N2S. The van der Waals surface area contributed by atoms with Gasteiger partial charge >= 0.3 is 0 Å². The summed E-state index contributed by atoms with van der Waals surface area (Å²) in [5, 5.41) is 6.70. The van der Waals surface area contributed by atoms with E-state index in [0.717, 1.165) is 25.9 Å². The Morgan fingerprint density at radius 3 is 2.44 bits per heavy atom. The number of nitrogens with one attached hydrogen (secondary N) is 2. The highest BCUT2D eigenvalue weighted by Gasteiger charge is 2.32. The summed E-state index contributed by atoms with van der Waals surface area (Å²) in [5.74, 6) is 0. The third-order valence-electron chi connectivity index (χ3n) is 3.62. The van der Waals surface area contributed by atoms with Gasteiger partial charge in [0.2, 0.25) is 0 Å². The van der Waals surface area contributed by atoms with E-state index in [-0.39, 0.29) is 5.41 Å². The molecule has 0 aromatic heterocycles. The second-order valence-corrected chi connectivity index (χ2v) is 4.41. The Balaban J connectivity index is 0.000000771. The molecule has 0 amide bonds. The lowest BCUT2D eigenvalue weighted by Crippen LogP contribution is -2.38. The van der Waals surface area contributed by atoms with Crippen molar-refractivity contribution in [2.24, 2.45) is 0 Å². The zero-order chi connectivity index (χ0) is 13.4. The van der Waals surface area contributed by atoms with Crippen molar-refractivity contribution in [3.8, 4) is 0 Å². The van der Waals surface area contributed by atoms with Gasteiger partial charge in [0, 0.05) is 18.2 Å². The minimum Gasteiger partial charge on any atom is -0.388 e. The fourth-order valence-electron chi connectivity index (χ4n) is 2.59. The second-order valence-electron chi connectivity index (χ2n) is 4.41. The van der Waals surface area contributed by atoms with Crippen molar-refractivity contribution in [1.29, 1.82) is 0 Å². The van der Waals surface area contributed by atoms with Crippen molar-refractivity contribution in [2.75, 3.05) is 31.7 Å². The molecule has 1 aliphatic heterocycles. The van der Waals surface area contributed by atoms with Gasteiger partial charge in [-0.2, -0.15) is 12.6 Å². The van der Waals surface area contributed by atoms with Crippen LogP contribution in [0.3, 0.4) is 0 Å². The molecule has 0 aliphatic carbocycles. The molecule has 1 aromatic rings. The number of anilines is 1. The summed E-state index contributed by atoms with van der Waals surface area (Å²) in [6, 6.07) is 8.55. The fourth-order valence-corrected chi connectivity index (χ4v) is 2.59. The first-order chi connectivity index (χ1) is 8.82. The van der Waals surface area contributed by atoms with E-state index < -0.39 is 0 Å². The second kappa shape index (κ2) is 7.49. The predicted molar refractivity (Wildman–Crippen MR) is 84.9 cm³/mol. The number of hydrogen-bond donors (Lipinski definition) is 3. The van der Waals surface area contributed by atoms with Gasteiger partial charge in [0.15, 0.2) is 0 Å². The van der Waals surface area contributed by atoms with Crippen LogP contribution < -0.4 is 10.6 Å². The predicted octanol–water partition coefficient (Wildman–Crippen LogP) is 3.08. The Bertz CT molecular complexity index is 371. The summed E-state index contributed by atoms with van der Waals surface area (Å²) in [5.41, 5.74) is 2.75. The minimum absolute atomic E-state index is 0.144. The molecule has 1 aliphatic rings. The van der Waals surface area contributed by atoms with Gasteiger partial charge in [0.25, 0.3) is 0 Å². The van der Waals surface area contributed by atoms with Crippen LogP contribution in [-0.2, 0) is 5.41 Å². The maximum Gasteiger partial charge on any atom is 0.0379 e. The van der Waals surface area contributed by atoms with Gasteiger partial charge in [-0.1, -0.05) is 24.3 Å². The van der Waals surface area contributed by atoms with Crippen molar-refractivity contribution in [1.82, 2.24) is 5.32 Å². The van der Waals surface area contributed by atoms with Crippen molar-refractivity contribution >= 4 is 18.3 Å². The first kappa shape index (κ1) is 15.1. The summed E-state index contributed by atoms with van der Waals surface area (Å²) >= 11 is 3.53. The molecule has 2 N–H and O–H groups in total. The van der Waals surface area contributed by atoms with E-state index in [1.807, 2.05) is 7.05 Å². The summed E-state index contributed by atoms with van der Waals surface area (Å²) in [7, 11) is 1.98. The molecule has 0 bridgehead atoms. The lowest BCUT2D eigenvalue weighted by molar-refractivity contribution is 0.375. The van der Waals surface area contributed by atoms with Crippen molar-refractivity contribution in [3.63, 3.8) is 0 Å². The summed E-state index contributed by atoms with van der Waals surface area (Å²) < 4.78 is 0. The molecule has 18 heavy (non-hydrogen) atoms. The number of thiol groups is 1. The lowest BCUT2D eigenvalue weighted by Gasteiger charge is -2.36. The van der Waals surface area contributed by atoms with Gasteiger partial charge < -0.3 is 10.6 Å². The van der Waals surface area contributed by atoms with Gasteiger partial charge in [-0.15, -0.1) is 6.58 Å². The fraction of sp³-hybridized carbons (Fsp3) is 0.467. The Hall–Kier alpha value is -0.930. The minimum atomic E-state index is 0.144. The summed E-state index contributed by atoms with van der Waals surface area (Å²) in [4.78, 5) is 0. The van der Waals surface area contributed by atoms with E-state index in [1.54, 1.807) is 6.26 Å². The van der Waals surface area contributed by atoms with E-state index >= 15 is 0 Å². The first-order valence-corrected chi connectivity index (χ1v) is 7.28. The van der Waals surface area contributed by atoms with Crippen LogP contribution >= 0.6 is 12.6 Å². The Morgan fingerprint density at radius 1 is 1.28 bits per heavy atom. The average Bonchev–Trinajstić information content (AvgIpc) is 2.50. The largest absolute Gasteiger partial charge is 0.388 e. The Kier molecular flexibility index (Phi) is 6.30. The van der Waals surface area contributed by atoms with Crippen LogP contribution in [0.1, 0.15) is 18.4 Å². The van der Waals surface area contributed by atoms with Crippen LogP contribution in [-0.4, -0.2) is 26.4 Å². The average molecular weight is 264 g/mol. The summed E-state index contributed by atoms with van der Waals surface area (Å²) in [6.45, 7) is 6.20.